The number of nitrogens with one attached hydrogen (secondary N) is 1. The van der Waals surface area contributed by atoms with Crippen molar-refractivity contribution in [3.63, 3.8) is 0 Å². The molecule has 1 aliphatic heterocycles. The second kappa shape index (κ2) is 8.37. The Morgan fingerprint density at radius 3 is 2.50 bits per heavy atom. The lowest BCUT2D eigenvalue weighted by Crippen LogP contribution is -2.50. The summed E-state index contributed by atoms with van der Waals surface area (Å²) in [6.07, 6.45) is 5.01. The number of amides is 4. The first-order valence-electron chi connectivity index (χ1n) is 9.83. The molecule has 1 spiro atoms. The van der Waals surface area contributed by atoms with E-state index in [2.05, 4.69) is 12.2 Å². The van der Waals surface area contributed by atoms with E-state index in [0.29, 0.717) is 37.6 Å². The van der Waals surface area contributed by atoms with Gasteiger partial charge in [0.2, 0.25) is 5.91 Å². The van der Waals surface area contributed by atoms with Crippen molar-refractivity contribution < 1.29 is 14.4 Å². The Hall–Kier alpha value is -1.63. The molecule has 7 heteroatoms. The number of likely N-dealkylation sites (N-methyl/N-ethyl adjacent to an activating group) is 1. The summed E-state index contributed by atoms with van der Waals surface area (Å²) in [5, 5.41) is 2.87. The minimum Gasteiger partial charge on any atom is -0.344 e. The maximum absolute atomic E-state index is 12.9. The summed E-state index contributed by atoms with van der Waals surface area (Å²) in [7, 11) is 1.69. The highest BCUT2D eigenvalue weighted by molar-refractivity contribution is 6.09. The molecule has 148 valence electrons. The van der Waals surface area contributed by atoms with Crippen LogP contribution >= 0.6 is 0 Å². The maximum Gasteiger partial charge on any atom is 0.325 e. The SMILES string of the molecule is CCC1CCC2(CC1)NC(=O)N(CC(=O)N(C)CCC(N)C(C)C)C2=O. The molecule has 1 saturated carbocycles. The van der Waals surface area contributed by atoms with Gasteiger partial charge in [-0.15, -0.1) is 0 Å². The quantitative estimate of drug-likeness (QED) is 0.671. The van der Waals surface area contributed by atoms with E-state index in [1.807, 2.05) is 13.8 Å². The van der Waals surface area contributed by atoms with Gasteiger partial charge in [-0.25, -0.2) is 4.79 Å². The standard InChI is InChI=1S/C19H34N4O3/c1-5-14-6-9-19(10-7-14)17(25)23(18(26)21-19)12-16(24)22(4)11-8-15(20)13(2)3/h13-15H,5-12,20H2,1-4H3,(H,21,26). The van der Waals surface area contributed by atoms with E-state index in [0.717, 1.165) is 24.2 Å². The van der Waals surface area contributed by atoms with Crippen LogP contribution in [0.4, 0.5) is 4.79 Å². The van der Waals surface area contributed by atoms with Gasteiger partial charge < -0.3 is 16.0 Å². The van der Waals surface area contributed by atoms with Crippen LogP contribution in [0.3, 0.4) is 0 Å². The van der Waals surface area contributed by atoms with Crippen molar-refractivity contribution in [3.8, 4) is 0 Å². The van der Waals surface area contributed by atoms with E-state index in [1.54, 1.807) is 11.9 Å². The molecular formula is C19H34N4O3. The molecule has 3 N–H and O–H groups in total. The highest BCUT2D eigenvalue weighted by Crippen LogP contribution is 2.37. The highest BCUT2D eigenvalue weighted by atomic mass is 16.2. The Balaban J connectivity index is 1.92. The molecule has 7 nitrogen and oxygen atoms in total. The summed E-state index contributed by atoms with van der Waals surface area (Å²) >= 11 is 0. The van der Waals surface area contributed by atoms with Crippen molar-refractivity contribution in [2.24, 2.45) is 17.6 Å². The fourth-order valence-electron chi connectivity index (χ4n) is 3.79. The van der Waals surface area contributed by atoms with E-state index in [4.69, 9.17) is 5.73 Å². The van der Waals surface area contributed by atoms with E-state index >= 15 is 0 Å². The van der Waals surface area contributed by atoms with Gasteiger partial charge >= 0.3 is 6.03 Å². The summed E-state index contributed by atoms with van der Waals surface area (Å²) in [4.78, 5) is 40.3. The van der Waals surface area contributed by atoms with Crippen LogP contribution in [0.2, 0.25) is 0 Å². The Labute approximate surface area is 156 Å². The van der Waals surface area contributed by atoms with Crippen LogP contribution in [0.25, 0.3) is 0 Å². The molecule has 1 aliphatic carbocycles. The summed E-state index contributed by atoms with van der Waals surface area (Å²) in [5.74, 6) is 0.501. The minimum atomic E-state index is -0.790. The Kier molecular flexibility index (Phi) is 6.66. The lowest BCUT2D eigenvalue weighted by atomic mass is 9.75. The number of hydrogen-bond acceptors (Lipinski definition) is 4. The van der Waals surface area contributed by atoms with Gasteiger partial charge in [0.15, 0.2) is 0 Å². The average Bonchev–Trinajstić information content (AvgIpc) is 2.84. The van der Waals surface area contributed by atoms with Gasteiger partial charge in [0.05, 0.1) is 0 Å². The largest absolute Gasteiger partial charge is 0.344 e. The highest BCUT2D eigenvalue weighted by Gasteiger charge is 2.52. The molecule has 0 bridgehead atoms. The predicted octanol–water partition coefficient (Wildman–Crippen LogP) is 1.71. The van der Waals surface area contributed by atoms with Crippen molar-refractivity contribution in [2.45, 2.75) is 70.9 Å². The zero-order valence-electron chi connectivity index (χ0n) is 16.6. The number of carbonyl (C=O) groups excluding carboxylic acids is 3. The number of carbonyl (C=O) groups is 3. The van der Waals surface area contributed by atoms with Crippen molar-refractivity contribution in [1.82, 2.24) is 15.1 Å². The summed E-state index contributed by atoms with van der Waals surface area (Å²) in [5.41, 5.74) is 5.23. The van der Waals surface area contributed by atoms with Gasteiger partial charge in [-0.1, -0.05) is 27.2 Å². The molecule has 26 heavy (non-hydrogen) atoms. The second-order valence-electron chi connectivity index (χ2n) is 8.27. The lowest BCUT2D eigenvalue weighted by Gasteiger charge is -2.34. The van der Waals surface area contributed by atoms with Crippen molar-refractivity contribution in [3.05, 3.63) is 0 Å². The maximum atomic E-state index is 12.9. The Morgan fingerprint density at radius 1 is 1.35 bits per heavy atom. The topological polar surface area (TPSA) is 95.7 Å². The van der Waals surface area contributed by atoms with Gasteiger partial charge in [0.25, 0.3) is 5.91 Å². The lowest BCUT2D eigenvalue weighted by molar-refractivity contribution is -0.139. The molecule has 2 aliphatic rings. The molecule has 1 heterocycles. The first-order valence-corrected chi connectivity index (χ1v) is 9.83. The predicted molar refractivity (Wildman–Crippen MR) is 100 cm³/mol. The first-order chi connectivity index (χ1) is 12.2. The fourth-order valence-corrected chi connectivity index (χ4v) is 3.79. The third-order valence-electron chi connectivity index (χ3n) is 6.16. The average molecular weight is 367 g/mol. The van der Waals surface area contributed by atoms with Gasteiger partial charge in [0.1, 0.15) is 12.1 Å². The zero-order valence-corrected chi connectivity index (χ0v) is 16.6. The first kappa shape index (κ1) is 20.7. The van der Waals surface area contributed by atoms with Crippen LogP contribution in [0.5, 0.6) is 0 Å². The molecule has 0 aromatic heterocycles. The zero-order chi connectivity index (χ0) is 19.5. The van der Waals surface area contributed by atoms with Gasteiger partial charge in [-0.2, -0.15) is 0 Å². The van der Waals surface area contributed by atoms with Gasteiger partial charge in [-0.3, -0.25) is 14.5 Å². The van der Waals surface area contributed by atoms with Crippen molar-refractivity contribution in [2.75, 3.05) is 20.1 Å². The van der Waals surface area contributed by atoms with Gasteiger partial charge in [-0.05, 0) is 43.9 Å². The molecule has 2 fully saturated rings. The minimum absolute atomic E-state index is 0.0268. The van der Waals surface area contributed by atoms with E-state index < -0.39 is 11.6 Å². The van der Waals surface area contributed by atoms with E-state index in [1.165, 1.54) is 0 Å². The van der Waals surface area contributed by atoms with Gasteiger partial charge in [0, 0.05) is 19.6 Å². The van der Waals surface area contributed by atoms with Crippen molar-refractivity contribution in [1.29, 1.82) is 0 Å². The van der Waals surface area contributed by atoms with Crippen LogP contribution in [0.15, 0.2) is 0 Å². The molecule has 4 amide bonds. The number of nitrogens with zero attached hydrogens (tertiary/aromatic N) is 2. The molecule has 2 rings (SSSR count). The van der Waals surface area contributed by atoms with E-state index in [9.17, 15) is 14.4 Å². The molecule has 1 unspecified atom stereocenters. The third-order valence-corrected chi connectivity index (χ3v) is 6.16. The van der Waals surface area contributed by atoms with Crippen molar-refractivity contribution >= 4 is 17.8 Å². The fraction of sp³-hybridized carbons (Fsp3) is 0.842. The van der Waals surface area contributed by atoms with Crippen LogP contribution < -0.4 is 11.1 Å². The summed E-state index contributed by atoms with van der Waals surface area (Å²) in [6.45, 7) is 6.57. The summed E-state index contributed by atoms with van der Waals surface area (Å²) in [6, 6.07) is -0.412. The number of hydrogen-bond donors (Lipinski definition) is 2. The van der Waals surface area contributed by atoms with Crippen LogP contribution in [-0.2, 0) is 9.59 Å². The number of imide groups is 1. The molecule has 0 aromatic rings. The molecule has 0 aromatic carbocycles. The number of rotatable bonds is 7. The molecule has 0 radical (unpaired) electrons. The normalized spacial score (nSPS) is 27.2. The number of nitrogens with two attached hydrogens (primary N) is 1. The Bertz CT molecular complexity index is 541. The van der Waals surface area contributed by atoms with E-state index in [-0.39, 0.29) is 24.4 Å². The third kappa shape index (κ3) is 4.37. The second-order valence-corrected chi connectivity index (χ2v) is 8.27. The van der Waals surface area contributed by atoms with Crippen LogP contribution in [0.1, 0.15) is 59.3 Å². The van der Waals surface area contributed by atoms with Crippen LogP contribution in [0, 0.1) is 11.8 Å². The summed E-state index contributed by atoms with van der Waals surface area (Å²) < 4.78 is 0. The smallest absolute Gasteiger partial charge is 0.325 e. The Morgan fingerprint density at radius 2 is 1.96 bits per heavy atom. The molecule has 1 saturated heterocycles. The molecule has 1 atom stereocenters. The molecular weight excluding hydrogens is 332 g/mol. The monoisotopic (exact) mass is 366 g/mol. The number of urea groups is 1. The van der Waals surface area contributed by atoms with Crippen LogP contribution in [-0.4, -0.2) is 59.4 Å².